The average molecular weight is 409 g/mol. The minimum absolute atomic E-state index is 0.312. The Balaban J connectivity index is 1.66. The molecule has 0 bridgehead atoms. The molecular formula is C21H17BrN2O2. The number of carbonyl (C=O) groups excluding carboxylic acids is 1. The van der Waals surface area contributed by atoms with Crippen molar-refractivity contribution in [2.24, 2.45) is 5.10 Å². The van der Waals surface area contributed by atoms with Crippen LogP contribution in [0.25, 0.3) is 11.1 Å². The van der Waals surface area contributed by atoms with E-state index in [1.54, 1.807) is 31.5 Å². The van der Waals surface area contributed by atoms with E-state index in [9.17, 15) is 4.79 Å². The number of nitrogens with zero attached hydrogens (tertiary/aromatic N) is 1. The number of hydrogen-bond donors (Lipinski definition) is 1. The van der Waals surface area contributed by atoms with Crippen LogP contribution in [0.4, 0.5) is 0 Å². The van der Waals surface area contributed by atoms with Gasteiger partial charge in [0.2, 0.25) is 0 Å². The molecule has 0 aromatic heterocycles. The third-order valence-corrected chi connectivity index (χ3v) is 4.51. The van der Waals surface area contributed by atoms with Crippen LogP contribution in [0.5, 0.6) is 5.75 Å². The Hall–Kier alpha value is -2.92. The highest BCUT2D eigenvalue weighted by Crippen LogP contribution is 2.22. The molecule has 0 aliphatic rings. The van der Waals surface area contributed by atoms with Crippen molar-refractivity contribution >= 4 is 28.1 Å². The molecule has 3 aromatic rings. The Morgan fingerprint density at radius 2 is 1.69 bits per heavy atom. The number of ether oxygens (including phenoxy) is 1. The number of hydrazone groups is 1. The maximum absolute atomic E-state index is 12.3. The van der Waals surface area contributed by atoms with Crippen LogP contribution >= 0.6 is 15.9 Å². The van der Waals surface area contributed by atoms with E-state index in [4.69, 9.17) is 4.74 Å². The quantitative estimate of drug-likeness (QED) is 0.482. The second kappa shape index (κ2) is 8.45. The molecule has 1 N–H and O–H groups in total. The first-order valence-corrected chi connectivity index (χ1v) is 8.79. The van der Waals surface area contributed by atoms with Crippen molar-refractivity contribution in [1.82, 2.24) is 5.43 Å². The van der Waals surface area contributed by atoms with Crippen molar-refractivity contribution < 1.29 is 9.53 Å². The number of benzene rings is 3. The first-order chi connectivity index (χ1) is 12.7. The lowest BCUT2D eigenvalue weighted by Gasteiger charge is -2.06. The lowest BCUT2D eigenvalue weighted by atomic mass is 10.0. The van der Waals surface area contributed by atoms with Gasteiger partial charge >= 0.3 is 0 Å². The Morgan fingerprint density at radius 1 is 1.00 bits per heavy atom. The molecule has 0 aliphatic heterocycles. The molecule has 26 heavy (non-hydrogen) atoms. The summed E-state index contributed by atoms with van der Waals surface area (Å²) < 4.78 is 5.82. The fraction of sp³-hybridized carbons (Fsp3) is 0.0476. The number of hydrogen-bond acceptors (Lipinski definition) is 3. The highest BCUT2D eigenvalue weighted by atomic mass is 79.9. The Morgan fingerprint density at radius 3 is 2.38 bits per heavy atom. The SMILES string of the molecule is COc1ccc(Br)c(C(=O)N/N=C\c2ccc(-c3ccccc3)cc2)c1. The third-order valence-electron chi connectivity index (χ3n) is 3.82. The summed E-state index contributed by atoms with van der Waals surface area (Å²) >= 11 is 3.36. The van der Waals surface area contributed by atoms with Crippen molar-refractivity contribution in [3.05, 3.63) is 88.4 Å². The molecule has 0 unspecified atom stereocenters. The number of carbonyl (C=O) groups is 1. The zero-order valence-electron chi connectivity index (χ0n) is 14.1. The molecule has 0 saturated carbocycles. The predicted molar refractivity (Wildman–Crippen MR) is 108 cm³/mol. The largest absolute Gasteiger partial charge is 0.497 e. The van der Waals surface area contributed by atoms with Gasteiger partial charge in [0.15, 0.2) is 0 Å². The number of rotatable bonds is 5. The van der Waals surface area contributed by atoms with E-state index < -0.39 is 0 Å². The summed E-state index contributed by atoms with van der Waals surface area (Å²) in [4.78, 5) is 12.3. The number of nitrogens with one attached hydrogen (secondary N) is 1. The number of methoxy groups -OCH3 is 1. The minimum Gasteiger partial charge on any atom is -0.497 e. The molecule has 0 aliphatic carbocycles. The van der Waals surface area contributed by atoms with E-state index in [-0.39, 0.29) is 5.91 Å². The maximum atomic E-state index is 12.3. The predicted octanol–water partition coefficient (Wildman–Crippen LogP) is 4.89. The van der Waals surface area contributed by atoms with Crippen molar-refractivity contribution in [2.75, 3.05) is 7.11 Å². The van der Waals surface area contributed by atoms with Gasteiger partial charge in [0.25, 0.3) is 5.91 Å². The van der Waals surface area contributed by atoms with E-state index in [1.807, 2.05) is 42.5 Å². The number of amides is 1. The molecule has 0 spiro atoms. The zero-order valence-corrected chi connectivity index (χ0v) is 15.7. The van der Waals surface area contributed by atoms with Crippen molar-refractivity contribution in [2.45, 2.75) is 0 Å². The van der Waals surface area contributed by atoms with Crippen LogP contribution in [0.1, 0.15) is 15.9 Å². The molecule has 1 amide bonds. The Labute approximate surface area is 160 Å². The summed E-state index contributed by atoms with van der Waals surface area (Å²) in [7, 11) is 1.56. The van der Waals surface area contributed by atoms with Crippen molar-refractivity contribution in [3.8, 4) is 16.9 Å². The first-order valence-electron chi connectivity index (χ1n) is 8.00. The van der Waals surface area contributed by atoms with Gasteiger partial charge in [-0.05, 0) is 50.8 Å². The van der Waals surface area contributed by atoms with Gasteiger partial charge in [0.05, 0.1) is 18.9 Å². The summed E-state index contributed by atoms with van der Waals surface area (Å²) in [6, 6.07) is 23.3. The van der Waals surface area contributed by atoms with Gasteiger partial charge in [0, 0.05) is 4.47 Å². The van der Waals surface area contributed by atoms with Crippen molar-refractivity contribution in [3.63, 3.8) is 0 Å². The third kappa shape index (κ3) is 4.37. The van der Waals surface area contributed by atoms with Gasteiger partial charge in [-0.1, -0.05) is 54.6 Å². The lowest BCUT2D eigenvalue weighted by Crippen LogP contribution is -2.18. The Kier molecular flexibility index (Phi) is 5.81. The molecular weight excluding hydrogens is 392 g/mol. The van der Waals surface area contributed by atoms with E-state index in [1.165, 1.54) is 0 Å². The van der Waals surface area contributed by atoms with Crippen LogP contribution in [0.3, 0.4) is 0 Å². The molecule has 0 saturated heterocycles. The van der Waals surface area contributed by atoms with E-state index >= 15 is 0 Å². The van der Waals surface area contributed by atoms with E-state index in [0.29, 0.717) is 15.8 Å². The molecule has 130 valence electrons. The summed E-state index contributed by atoms with van der Waals surface area (Å²) in [5.74, 6) is 0.298. The van der Waals surface area contributed by atoms with Gasteiger partial charge in [-0.25, -0.2) is 5.43 Å². The Bertz CT molecular complexity index is 923. The highest BCUT2D eigenvalue weighted by molar-refractivity contribution is 9.10. The normalized spacial score (nSPS) is 10.7. The second-order valence-corrected chi connectivity index (χ2v) is 6.39. The average Bonchev–Trinajstić information content (AvgIpc) is 2.69. The van der Waals surface area contributed by atoms with Crippen LogP contribution in [0.2, 0.25) is 0 Å². The van der Waals surface area contributed by atoms with Gasteiger partial charge < -0.3 is 4.74 Å². The van der Waals surface area contributed by atoms with Crippen LogP contribution in [-0.2, 0) is 0 Å². The van der Waals surface area contributed by atoms with E-state index in [2.05, 4.69) is 38.6 Å². The molecule has 5 heteroatoms. The van der Waals surface area contributed by atoms with Gasteiger partial charge in [-0.2, -0.15) is 5.10 Å². The highest BCUT2D eigenvalue weighted by Gasteiger charge is 2.10. The molecule has 4 nitrogen and oxygen atoms in total. The second-order valence-electron chi connectivity index (χ2n) is 5.53. The molecule has 0 heterocycles. The van der Waals surface area contributed by atoms with Gasteiger partial charge in [-0.3, -0.25) is 4.79 Å². The topological polar surface area (TPSA) is 50.7 Å². The summed E-state index contributed by atoms with van der Waals surface area (Å²) in [5, 5.41) is 4.03. The summed E-state index contributed by atoms with van der Waals surface area (Å²) in [6.07, 6.45) is 1.61. The van der Waals surface area contributed by atoms with Gasteiger partial charge in [0.1, 0.15) is 5.75 Å². The maximum Gasteiger partial charge on any atom is 0.272 e. The monoisotopic (exact) mass is 408 g/mol. The van der Waals surface area contributed by atoms with Crippen LogP contribution in [-0.4, -0.2) is 19.2 Å². The fourth-order valence-corrected chi connectivity index (χ4v) is 2.85. The smallest absolute Gasteiger partial charge is 0.272 e. The van der Waals surface area contributed by atoms with Crippen LogP contribution in [0.15, 0.2) is 82.4 Å². The van der Waals surface area contributed by atoms with Crippen molar-refractivity contribution in [1.29, 1.82) is 0 Å². The standard InChI is InChI=1S/C21H17BrN2O2/c1-26-18-11-12-20(22)19(13-18)21(25)24-23-14-15-7-9-17(10-8-15)16-5-3-2-4-6-16/h2-14H,1H3,(H,24,25)/b23-14-. The summed E-state index contributed by atoms with van der Waals surface area (Å²) in [5.41, 5.74) is 6.18. The molecule has 0 fully saturated rings. The molecule has 0 radical (unpaired) electrons. The number of halogens is 1. The molecule has 0 atom stereocenters. The lowest BCUT2D eigenvalue weighted by molar-refractivity contribution is 0.0954. The van der Waals surface area contributed by atoms with Crippen LogP contribution in [0, 0.1) is 0 Å². The van der Waals surface area contributed by atoms with Crippen LogP contribution < -0.4 is 10.2 Å². The fourth-order valence-electron chi connectivity index (χ4n) is 2.42. The van der Waals surface area contributed by atoms with E-state index in [0.717, 1.165) is 16.7 Å². The molecule has 3 aromatic carbocycles. The minimum atomic E-state index is -0.312. The molecule has 3 rings (SSSR count). The summed E-state index contributed by atoms with van der Waals surface area (Å²) in [6.45, 7) is 0. The van der Waals surface area contributed by atoms with Gasteiger partial charge in [-0.15, -0.1) is 0 Å². The first kappa shape index (κ1) is 17.9. The zero-order chi connectivity index (χ0) is 18.4.